The summed E-state index contributed by atoms with van der Waals surface area (Å²) in [6.07, 6.45) is 0. The highest BCUT2D eigenvalue weighted by atomic mass is 32.2. The predicted molar refractivity (Wildman–Crippen MR) is 123 cm³/mol. The average molecular weight is 438 g/mol. The van der Waals surface area contributed by atoms with E-state index < -0.39 is 10.0 Å². The minimum Gasteiger partial charge on any atom is -0.325 e. The molecule has 3 aromatic carbocycles. The number of carbonyl (C=O) groups is 1. The Bertz CT molecular complexity index is 1040. The van der Waals surface area contributed by atoms with Crippen LogP contribution in [0.5, 0.6) is 0 Å². The van der Waals surface area contributed by atoms with E-state index in [0.717, 1.165) is 15.4 Å². The molecule has 3 rings (SSSR count). The number of rotatable bonds is 9. The Balaban J connectivity index is 1.68. The molecule has 0 bridgehead atoms. The second-order valence-corrected chi connectivity index (χ2v) is 9.63. The number of hydrogen-bond donors (Lipinski definition) is 1. The molecule has 0 heterocycles. The molecule has 3 aromatic rings. The number of carbonyl (C=O) groups excluding carboxylic acids is 1. The summed E-state index contributed by atoms with van der Waals surface area (Å²) in [5.41, 5.74) is 2.82. The van der Waals surface area contributed by atoms with Gasteiger partial charge in [0.05, 0.1) is 11.4 Å². The van der Waals surface area contributed by atoms with E-state index in [9.17, 15) is 13.2 Å². The topological polar surface area (TPSA) is 69.7 Å². The van der Waals surface area contributed by atoms with Gasteiger partial charge in [-0.3, -0.25) is 9.69 Å². The van der Waals surface area contributed by atoms with Crippen LogP contribution in [0.1, 0.15) is 11.1 Å². The van der Waals surface area contributed by atoms with Gasteiger partial charge in [-0.15, -0.1) is 0 Å². The Labute approximate surface area is 184 Å². The van der Waals surface area contributed by atoms with Gasteiger partial charge in [0.15, 0.2) is 0 Å². The van der Waals surface area contributed by atoms with Crippen molar-refractivity contribution in [3.63, 3.8) is 0 Å². The van der Waals surface area contributed by atoms with Crippen LogP contribution in [-0.4, -0.2) is 44.2 Å². The molecule has 0 aliphatic carbocycles. The van der Waals surface area contributed by atoms with Crippen molar-refractivity contribution in [2.45, 2.75) is 18.0 Å². The first-order valence-electron chi connectivity index (χ1n) is 9.97. The van der Waals surface area contributed by atoms with Gasteiger partial charge in [0.1, 0.15) is 0 Å². The third kappa shape index (κ3) is 6.49. The molecule has 0 saturated carbocycles. The highest BCUT2D eigenvalue weighted by Crippen LogP contribution is 2.17. The van der Waals surface area contributed by atoms with Crippen molar-refractivity contribution in [1.29, 1.82) is 0 Å². The smallest absolute Gasteiger partial charge is 0.242 e. The summed E-state index contributed by atoms with van der Waals surface area (Å²) in [4.78, 5) is 15.0. The molecule has 1 amide bonds. The number of nitrogens with one attached hydrogen (secondary N) is 1. The van der Waals surface area contributed by atoms with E-state index in [-0.39, 0.29) is 17.3 Å². The van der Waals surface area contributed by atoms with Crippen molar-refractivity contribution >= 4 is 21.6 Å². The summed E-state index contributed by atoms with van der Waals surface area (Å²) in [6, 6.07) is 26.3. The Hall–Kier alpha value is -3.00. The molecule has 0 saturated heterocycles. The highest BCUT2D eigenvalue weighted by Gasteiger charge is 2.17. The molecule has 7 heteroatoms. The monoisotopic (exact) mass is 437 g/mol. The van der Waals surface area contributed by atoms with Crippen LogP contribution in [0.4, 0.5) is 5.69 Å². The van der Waals surface area contributed by atoms with Crippen LogP contribution in [0.3, 0.4) is 0 Å². The van der Waals surface area contributed by atoms with Crippen LogP contribution in [-0.2, 0) is 27.9 Å². The zero-order valence-electron chi connectivity index (χ0n) is 17.7. The maximum atomic E-state index is 12.7. The summed E-state index contributed by atoms with van der Waals surface area (Å²) in [6.45, 7) is 1.49. The van der Waals surface area contributed by atoms with Gasteiger partial charge in [-0.25, -0.2) is 12.7 Å². The molecule has 1 N–H and O–H groups in total. The second kappa shape index (κ2) is 10.3. The van der Waals surface area contributed by atoms with Crippen LogP contribution in [0.2, 0.25) is 0 Å². The van der Waals surface area contributed by atoms with Gasteiger partial charge in [-0.1, -0.05) is 60.7 Å². The first-order valence-corrected chi connectivity index (χ1v) is 11.4. The fraction of sp³-hybridized carbons (Fsp3) is 0.208. The van der Waals surface area contributed by atoms with Crippen LogP contribution in [0.15, 0.2) is 89.8 Å². The van der Waals surface area contributed by atoms with E-state index in [2.05, 4.69) is 10.2 Å². The summed E-state index contributed by atoms with van der Waals surface area (Å²) >= 11 is 0. The van der Waals surface area contributed by atoms with Crippen molar-refractivity contribution in [1.82, 2.24) is 9.21 Å². The molecule has 0 spiro atoms. The van der Waals surface area contributed by atoms with Crippen molar-refractivity contribution in [3.8, 4) is 0 Å². The Morgan fingerprint density at radius 1 is 0.774 bits per heavy atom. The van der Waals surface area contributed by atoms with Gasteiger partial charge < -0.3 is 5.32 Å². The first-order chi connectivity index (χ1) is 14.8. The third-order valence-corrected chi connectivity index (χ3v) is 6.61. The molecule has 0 atom stereocenters. The Morgan fingerprint density at radius 2 is 1.26 bits per heavy atom. The van der Waals surface area contributed by atoms with E-state index in [4.69, 9.17) is 0 Å². The zero-order valence-corrected chi connectivity index (χ0v) is 18.5. The normalized spacial score (nSPS) is 11.6. The molecular formula is C24H27N3O3S. The first kappa shape index (κ1) is 22.7. The fourth-order valence-corrected chi connectivity index (χ4v) is 4.08. The molecule has 0 radical (unpaired) electrons. The molecule has 0 aromatic heterocycles. The van der Waals surface area contributed by atoms with Crippen LogP contribution in [0.25, 0.3) is 0 Å². The number of hydrogen-bond acceptors (Lipinski definition) is 4. The molecule has 0 unspecified atom stereocenters. The second-order valence-electron chi connectivity index (χ2n) is 7.48. The van der Waals surface area contributed by atoms with Crippen LogP contribution < -0.4 is 5.32 Å². The van der Waals surface area contributed by atoms with Crippen LogP contribution >= 0.6 is 0 Å². The molecule has 6 nitrogen and oxygen atoms in total. The lowest BCUT2D eigenvalue weighted by atomic mass is 10.1. The largest absolute Gasteiger partial charge is 0.325 e. The Morgan fingerprint density at radius 3 is 1.71 bits per heavy atom. The average Bonchev–Trinajstić information content (AvgIpc) is 2.75. The number of amides is 1. The molecule has 0 aliphatic rings. The number of sulfonamides is 1. The molecule has 31 heavy (non-hydrogen) atoms. The van der Waals surface area contributed by atoms with E-state index in [1.807, 2.05) is 60.7 Å². The van der Waals surface area contributed by atoms with Gasteiger partial charge in [0.25, 0.3) is 0 Å². The minimum atomic E-state index is -3.50. The van der Waals surface area contributed by atoms with E-state index in [1.54, 1.807) is 12.1 Å². The maximum Gasteiger partial charge on any atom is 0.242 e. The molecule has 0 fully saturated rings. The summed E-state index contributed by atoms with van der Waals surface area (Å²) in [5.74, 6) is -0.157. The molecule has 0 aliphatic heterocycles. The van der Waals surface area contributed by atoms with Crippen molar-refractivity contribution < 1.29 is 13.2 Å². The predicted octanol–water partition coefficient (Wildman–Crippen LogP) is 3.58. The molecular weight excluding hydrogens is 410 g/mol. The maximum absolute atomic E-state index is 12.7. The minimum absolute atomic E-state index is 0.157. The fourth-order valence-electron chi connectivity index (χ4n) is 3.18. The lowest BCUT2D eigenvalue weighted by molar-refractivity contribution is -0.117. The van der Waals surface area contributed by atoms with Crippen LogP contribution in [0, 0.1) is 0 Å². The lowest BCUT2D eigenvalue weighted by Crippen LogP contribution is -2.32. The zero-order chi connectivity index (χ0) is 22.3. The van der Waals surface area contributed by atoms with E-state index >= 15 is 0 Å². The van der Waals surface area contributed by atoms with Crippen molar-refractivity contribution in [2.24, 2.45) is 0 Å². The van der Waals surface area contributed by atoms with E-state index in [0.29, 0.717) is 18.8 Å². The number of anilines is 1. The summed E-state index contributed by atoms with van der Waals surface area (Å²) in [5, 5.41) is 2.86. The van der Waals surface area contributed by atoms with Crippen molar-refractivity contribution in [3.05, 3.63) is 96.1 Å². The number of nitrogens with zero attached hydrogens (tertiary/aromatic N) is 2. The lowest BCUT2D eigenvalue weighted by Gasteiger charge is -2.22. The number of benzene rings is 3. The SMILES string of the molecule is CN(C)S(=O)(=O)c1ccc(NC(=O)CN(Cc2ccccc2)Cc2ccccc2)cc1. The van der Waals surface area contributed by atoms with Gasteiger partial charge >= 0.3 is 0 Å². The Kier molecular flexibility index (Phi) is 7.57. The van der Waals surface area contributed by atoms with E-state index in [1.165, 1.54) is 26.2 Å². The quantitative estimate of drug-likeness (QED) is 0.556. The summed E-state index contributed by atoms with van der Waals surface area (Å²) < 4.78 is 25.5. The van der Waals surface area contributed by atoms with Gasteiger partial charge in [0.2, 0.25) is 15.9 Å². The van der Waals surface area contributed by atoms with Gasteiger partial charge in [-0.05, 0) is 35.4 Å². The van der Waals surface area contributed by atoms with Gasteiger partial charge in [0, 0.05) is 32.9 Å². The van der Waals surface area contributed by atoms with Gasteiger partial charge in [-0.2, -0.15) is 0 Å². The standard InChI is InChI=1S/C24H27N3O3S/c1-26(2)31(29,30)23-15-13-22(14-16-23)25-24(28)19-27(17-20-9-5-3-6-10-20)18-21-11-7-4-8-12-21/h3-16H,17-19H2,1-2H3,(H,25,28). The third-order valence-electron chi connectivity index (χ3n) is 4.78. The summed E-state index contributed by atoms with van der Waals surface area (Å²) in [7, 11) is -0.528. The van der Waals surface area contributed by atoms with Crippen molar-refractivity contribution in [2.75, 3.05) is 26.0 Å². The molecule has 162 valence electrons. The highest BCUT2D eigenvalue weighted by molar-refractivity contribution is 7.89.